The van der Waals surface area contributed by atoms with Crippen molar-refractivity contribution in [2.45, 2.75) is 18.7 Å². The Kier molecular flexibility index (Phi) is 5.10. The van der Waals surface area contributed by atoms with E-state index in [1.54, 1.807) is 32.0 Å². The van der Waals surface area contributed by atoms with Gasteiger partial charge in [0.1, 0.15) is 14.8 Å². The van der Waals surface area contributed by atoms with Crippen molar-refractivity contribution in [2.24, 2.45) is 0 Å². The van der Waals surface area contributed by atoms with E-state index in [4.69, 9.17) is 16.3 Å². The van der Waals surface area contributed by atoms with Gasteiger partial charge in [0.2, 0.25) is 0 Å². The number of aryl methyl sites for hydroxylation is 1. The van der Waals surface area contributed by atoms with Gasteiger partial charge in [0.25, 0.3) is 10.0 Å². The molecule has 0 bridgehead atoms. The number of anilines is 1. The molecule has 118 valence electrons. The number of esters is 1. The molecule has 0 unspecified atom stereocenters. The first-order chi connectivity index (χ1) is 10.3. The van der Waals surface area contributed by atoms with E-state index in [0.717, 1.165) is 11.3 Å². The van der Waals surface area contributed by atoms with Crippen LogP contribution in [0.25, 0.3) is 0 Å². The van der Waals surface area contributed by atoms with Crippen molar-refractivity contribution in [1.82, 2.24) is 0 Å². The molecule has 0 radical (unpaired) electrons. The zero-order chi connectivity index (χ0) is 16.3. The number of carbonyl (C=O) groups is 1. The van der Waals surface area contributed by atoms with Crippen LogP contribution in [-0.2, 0) is 14.8 Å². The van der Waals surface area contributed by atoms with Crippen molar-refractivity contribution >= 4 is 43.9 Å². The lowest BCUT2D eigenvalue weighted by atomic mass is 10.3. The molecule has 0 aliphatic heterocycles. The topological polar surface area (TPSA) is 72.5 Å². The third-order valence-electron chi connectivity index (χ3n) is 2.74. The third-order valence-corrected chi connectivity index (χ3v) is 5.87. The van der Waals surface area contributed by atoms with Gasteiger partial charge in [0.05, 0.1) is 11.6 Å². The molecule has 0 atom stereocenters. The Hall–Kier alpha value is -1.57. The van der Waals surface area contributed by atoms with Gasteiger partial charge < -0.3 is 4.74 Å². The van der Waals surface area contributed by atoms with Crippen molar-refractivity contribution < 1.29 is 17.9 Å². The quantitative estimate of drug-likeness (QED) is 0.826. The highest BCUT2D eigenvalue weighted by Gasteiger charge is 2.21. The van der Waals surface area contributed by atoms with E-state index in [0.29, 0.717) is 15.4 Å². The maximum Gasteiger partial charge on any atom is 0.348 e. The number of sulfonamides is 1. The fourth-order valence-electron chi connectivity index (χ4n) is 1.78. The summed E-state index contributed by atoms with van der Waals surface area (Å²) in [5.41, 5.74) is 0.653. The molecule has 1 aromatic heterocycles. The highest BCUT2D eigenvalue weighted by Crippen LogP contribution is 2.30. The third kappa shape index (κ3) is 3.60. The van der Waals surface area contributed by atoms with Crippen LogP contribution >= 0.6 is 22.9 Å². The Labute approximate surface area is 137 Å². The molecule has 0 saturated heterocycles. The SMILES string of the molecule is CCOC(=O)c1sc(NS(=O)(=O)c2ccccc2Cl)cc1C. The molecule has 0 fully saturated rings. The molecule has 1 heterocycles. The van der Waals surface area contributed by atoms with Gasteiger partial charge in [-0.25, -0.2) is 13.2 Å². The molecular formula is C14H14ClNO4S2. The number of nitrogens with one attached hydrogen (secondary N) is 1. The largest absolute Gasteiger partial charge is 0.462 e. The van der Waals surface area contributed by atoms with Gasteiger partial charge in [0, 0.05) is 0 Å². The van der Waals surface area contributed by atoms with Crippen LogP contribution < -0.4 is 4.72 Å². The van der Waals surface area contributed by atoms with Crippen LogP contribution in [0.1, 0.15) is 22.2 Å². The van der Waals surface area contributed by atoms with E-state index in [2.05, 4.69) is 4.72 Å². The van der Waals surface area contributed by atoms with Crippen LogP contribution in [0.2, 0.25) is 5.02 Å². The summed E-state index contributed by atoms with van der Waals surface area (Å²) >= 11 is 6.94. The predicted octanol–water partition coefficient (Wildman–Crippen LogP) is 3.69. The Balaban J connectivity index is 2.30. The summed E-state index contributed by atoms with van der Waals surface area (Å²) in [5.74, 6) is -0.465. The number of hydrogen-bond donors (Lipinski definition) is 1. The molecule has 1 aromatic carbocycles. The molecule has 5 nitrogen and oxygen atoms in total. The van der Waals surface area contributed by atoms with Crippen LogP contribution in [-0.4, -0.2) is 21.0 Å². The Morgan fingerprint density at radius 1 is 1.36 bits per heavy atom. The van der Waals surface area contributed by atoms with E-state index in [1.807, 2.05) is 0 Å². The molecule has 0 amide bonds. The lowest BCUT2D eigenvalue weighted by molar-refractivity contribution is 0.0531. The Morgan fingerprint density at radius 2 is 2.05 bits per heavy atom. The zero-order valence-electron chi connectivity index (χ0n) is 11.9. The van der Waals surface area contributed by atoms with E-state index in [-0.39, 0.29) is 16.5 Å². The number of rotatable bonds is 5. The van der Waals surface area contributed by atoms with E-state index < -0.39 is 16.0 Å². The van der Waals surface area contributed by atoms with Gasteiger partial charge in [-0.2, -0.15) is 0 Å². The maximum atomic E-state index is 12.3. The minimum atomic E-state index is -3.81. The smallest absolute Gasteiger partial charge is 0.348 e. The van der Waals surface area contributed by atoms with Crippen molar-refractivity contribution in [3.8, 4) is 0 Å². The number of halogens is 1. The average molecular weight is 360 g/mol. The monoisotopic (exact) mass is 359 g/mol. The van der Waals surface area contributed by atoms with Crippen molar-refractivity contribution in [3.05, 3.63) is 45.8 Å². The summed E-state index contributed by atoms with van der Waals surface area (Å²) in [5, 5.41) is 0.467. The summed E-state index contributed by atoms with van der Waals surface area (Å²) in [4.78, 5) is 12.1. The number of carbonyl (C=O) groups excluding carboxylic acids is 1. The normalized spacial score (nSPS) is 11.2. The molecule has 2 aromatic rings. The van der Waals surface area contributed by atoms with Crippen molar-refractivity contribution in [2.75, 3.05) is 11.3 Å². The van der Waals surface area contributed by atoms with E-state index in [9.17, 15) is 13.2 Å². The summed E-state index contributed by atoms with van der Waals surface area (Å²) < 4.78 is 32.0. The predicted molar refractivity (Wildman–Crippen MR) is 87.3 cm³/mol. The van der Waals surface area contributed by atoms with Crippen molar-refractivity contribution in [3.63, 3.8) is 0 Å². The number of thiophene rings is 1. The molecule has 8 heteroatoms. The van der Waals surface area contributed by atoms with Crippen molar-refractivity contribution in [1.29, 1.82) is 0 Å². The molecular weight excluding hydrogens is 346 g/mol. The molecule has 2 rings (SSSR count). The fraction of sp³-hybridized carbons (Fsp3) is 0.214. The van der Waals surface area contributed by atoms with Crippen LogP contribution in [0.5, 0.6) is 0 Å². The lowest BCUT2D eigenvalue weighted by Gasteiger charge is -2.07. The number of benzene rings is 1. The molecule has 0 aliphatic rings. The van der Waals surface area contributed by atoms with Gasteiger partial charge in [-0.15, -0.1) is 11.3 Å². The highest BCUT2D eigenvalue weighted by molar-refractivity contribution is 7.93. The van der Waals surface area contributed by atoms with Crippen LogP contribution in [0.4, 0.5) is 5.00 Å². The van der Waals surface area contributed by atoms with Gasteiger partial charge in [-0.1, -0.05) is 23.7 Å². The minimum absolute atomic E-state index is 0.0135. The van der Waals surface area contributed by atoms with Crippen LogP contribution in [0, 0.1) is 6.92 Å². The summed E-state index contributed by atoms with van der Waals surface area (Å²) in [6, 6.07) is 7.74. The standard InChI is InChI=1S/C14H14ClNO4S2/c1-3-20-14(17)13-9(2)8-12(21-13)16-22(18,19)11-7-5-4-6-10(11)15/h4-8,16H,3H2,1-2H3. The summed E-state index contributed by atoms with van der Waals surface area (Å²) in [6.07, 6.45) is 0. The fourth-order valence-corrected chi connectivity index (χ4v) is 4.55. The Bertz CT molecular complexity index is 799. The second-order valence-corrected chi connectivity index (χ2v) is 7.49. The number of hydrogen-bond acceptors (Lipinski definition) is 5. The number of ether oxygens (including phenoxy) is 1. The van der Waals surface area contributed by atoms with Gasteiger partial charge in [0.15, 0.2) is 0 Å². The molecule has 0 aliphatic carbocycles. The van der Waals surface area contributed by atoms with Gasteiger partial charge in [-0.05, 0) is 37.6 Å². The second-order valence-electron chi connectivity index (χ2n) is 4.38. The molecule has 1 N–H and O–H groups in total. The first kappa shape index (κ1) is 16.8. The van der Waals surface area contributed by atoms with Crippen LogP contribution in [0.3, 0.4) is 0 Å². The van der Waals surface area contributed by atoms with Crippen LogP contribution in [0.15, 0.2) is 35.2 Å². The van der Waals surface area contributed by atoms with Gasteiger partial charge in [-0.3, -0.25) is 4.72 Å². The van der Waals surface area contributed by atoms with E-state index >= 15 is 0 Å². The minimum Gasteiger partial charge on any atom is -0.462 e. The maximum absolute atomic E-state index is 12.3. The molecule has 22 heavy (non-hydrogen) atoms. The van der Waals surface area contributed by atoms with E-state index in [1.165, 1.54) is 12.1 Å². The molecule has 0 saturated carbocycles. The second kappa shape index (κ2) is 6.68. The average Bonchev–Trinajstić information content (AvgIpc) is 2.79. The summed E-state index contributed by atoms with van der Waals surface area (Å²) in [7, 11) is -3.81. The van der Waals surface area contributed by atoms with Gasteiger partial charge >= 0.3 is 5.97 Å². The Morgan fingerprint density at radius 3 is 2.68 bits per heavy atom. The highest BCUT2D eigenvalue weighted by atomic mass is 35.5. The summed E-state index contributed by atoms with van der Waals surface area (Å²) in [6.45, 7) is 3.69. The first-order valence-electron chi connectivity index (χ1n) is 6.40. The molecule has 0 spiro atoms. The lowest BCUT2D eigenvalue weighted by Crippen LogP contribution is -2.12. The zero-order valence-corrected chi connectivity index (χ0v) is 14.3. The first-order valence-corrected chi connectivity index (χ1v) is 9.08.